The molecule has 196 valence electrons. The van der Waals surface area contributed by atoms with Gasteiger partial charge in [-0.25, -0.2) is 0 Å². The maximum absolute atomic E-state index is 13.5. The van der Waals surface area contributed by atoms with Crippen molar-refractivity contribution in [2.75, 3.05) is 33.2 Å². The van der Waals surface area contributed by atoms with Crippen molar-refractivity contribution in [2.45, 2.75) is 38.3 Å². The van der Waals surface area contributed by atoms with Gasteiger partial charge < -0.3 is 24.4 Å². The van der Waals surface area contributed by atoms with E-state index in [0.29, 0.717) is 31.9 Å². The van der Waals surface area contributed by atoms with Crippen LogP contribution in [-0.2, 0) is 33.9 Å². The number of hydrogen-bond donors (Lipinski definition) is 1. The minimum atomic E-state index is -0.528. The van der Waals surface area contributed by atoms with Crippen molar-refractivity contribution in [1.82, 2.24) is 9.80 Å². The van der Waals surface area contributed by atoms with Crippen LogP contribution in [0.25, 0.3) is 11.1 Å². The van der Waals surface area contributed by atoms with Crippen LogP contribution in [-0.4, -0.2) is 60.3 Å². The summed E-state index contributed by atoms with van der Waals surface area (Å²) in [5.41, 5.74) is 8.36. The van der Waals surface area contributed by atoms with E-state index in [0.717, 1.165) is 30.6 Å². The number of carbonyl (C=O) groups is 1. The Kier molecular flexibility index (Phi) is 7.02. The number of amides is 1. The minimum absolute atomic E-state index is 0.0168. The second-order valence-electron chi connectivity index (χ2n) is 10.6. The molecule has 1 saturated heterocycles. The number of likely N-dealkylation sites (N-methyl/N-ethyl adjacent to an activating group) is 1. The number of carbonyl (C=O) groups excluding carboxylic acids is 1. The Morgan fingerprint density at radius 1 is 0.947 bits per heavy atom. The normalized spacial score (nSPS) is 20.9. The standard InChI is InChI=1S/C32H34N2O4/c1-33-12-14-34(15-13-33)32(36)30-18-26(19-31(38-30)37-21-23-8-6-22(20-35)7-9-23)24-10-11-29-27(16-24)17-25-4-2-3-5-28(25)29/h2-11,16,18,26,31,35H,12-15,17,19-21H2,1H3/t26-,31+/m1/s1. The van der Waals surface area contributed by atoms with Gasteiger partial charge in [-0.3, -0.25) is 4.79 Å². The van der Waals surface area contributed by atoms with E-state index in [9.17, 15) is 9.90 Å². The Labute approximate surface area is 224 Å². The fourth-order valence-electron chi connectivity index (χ4n) is 5.63. The molecule has 1 aliphatic carbocycles. The topological polar surface area (TPSA) is 62.2 Å². The van der Waals surface area contributed by atoms with Crippen LogP contribution in [0.3, 0.4) is 0 Å². The van der Waals surface area contributed by atoms with Crippen LogP contribution in [0.15, 0.2) is 78.6 Å². The second kappa shape index (κ2) is 10.7. The average molecular weight is 511 g/mol. The molecule has 1 fully saturated rings. The van der Waals surface area contributed by atoms with Gasteiger partial charge in [0.1, 0.15) is 0 Å². The number of rotatable bonds is 6. The molecule has 6 heteroatoms. The van der Waals surface area contributed by atoms with Crippen LogP contribution in [0.4, 0.5) is 0 Å². The molecule has 0 saturated carbocycles. The molecule has 2 aliphatic heterocycles. The first-order valence-electron chi connectivity index (χ1n) is 13.4. The van der Waals surface area contributed by atoms with E-state index in [1.54, 1.807) is 0 Å². The molecule has 3 aromatic carbocycles. The predicted molar refractivity (Wildman–Crippen MR) is 146 cm³/mol. The molecule has 0 spiro atoms. The Morgan fingerprint density at radius 3 is 2.47 bits per heavy atom. The van der Waals surface area contributed by atoms with Crippen molar-refractivity contribution in [3.63, 3.8) is 0 Å². The molecule has 2 heterocycles. The zero-order chi connectivity index (χ0) is 26.1. The van der Waals surface area contributed by atoms with Crippen molar-refractivity contribution in [3.8, 4) is 11.1 Å². The van der Waals surface area contributed by atoms with E-state index < -0.39 is 6.29 Å². The van der Waals surface area contributed by atoms with E-state index in [4.69, 9.17) is 9.47 Å². The maximum Gasteiger partial charge on any atom is 0.288 e. The van der Waals surface area contributed by atoms with Gasteiger partial charge >= 0.3 is 0 Å². The number of aliphatic hydroxyl groups excluding tert-OH is 1. The highest BCUT2D eigenvalue weighted by Crippen LogP contribution is 2.40. The zero-order valence-corrected chi connectivity index (χ0v) is 21.8. The number of piperazine rings is 1. The summed E-state index contributed by atoms with van der Waals surface area (Å²) in [6, 6.07) is 23.0. The molecule has 3 aliphatic rings. The molecule has 1 amide bonds. The first-order valence-corrected chi connectivity index (χ1v) is 13.4. The molecule has 0 aromatic heterocycles. The number of aliphatic hydroxyl groups is 1. The van der Waals surface area contributed by atoms with Crippen LogP contribution in [0, 0.1) is 0 Å². The van der Waals surface area contributed by atoms with Crippen molar-refractivity contribution in [2.24, 2.45) is 0 Å². The summed E-state index contributed by atoms with van der Waals surface area (Å²) in [4.78, 5) is 17.6. The Bertz CT molecular complexity index is 1340. The van der Waals surface area contributed by atoms with Gasteiger partial charge in [0.25, 0.3) is 5.91 Å². The van der Waals surface area contributed by atoms with Crippen LogP contribution >= 0.6 is 0 Å². The van der Waals surface area contributed by atoms with Gasteiger partial charge in [-0.2, -0.15) is 0 Å². The highest BCUT2D eigenvalue weighted by molar-refractivity contribution is 5.92. The minimum Gasteiger partial charge on any atom is -0.459 e. The average Bonchev–Trinajstić information content (AvgIpc) is 3.34. The zero-order valence-electron chi connectivity index (χ0n) is 21.8. The van der Waals surface area contributed by atoms with Crippen LogP contribution in [0.1, 0.15) is 40.2 Å². The van der Waals surface area contributed by atoms with Gasteiger partial charge in [-0.05, 0) is 58.5 Å². The monoisotopic (exact) mass is 510 g/mol. The second-order valence-corrected chi connectivity index (χ2v) is 10.6. The predicted octanol–water partition coefficient (Wildman–Crippen LogP) is 4.45. The van der Waals surface area contributed by atoms with Crippen LogP contribution in [0.2, 0.25) is 0 Å². The summed E-state index contributed by atoms with van der Waals surface area (Å²) in [5, 5.41) is 9.32. The van der Waals surface area contributed by atoms with Gasteiger partial charge in [0.15, 0.2) is 5.76 Å². The van der Waals surface area contributed by atoms with Gasteiger partial charge in [-0.1, -0.05) is 66.7 Å². The number of benzene rings is 3. The number of allylic oxidation sites excluding steroid dienone is 1. The molecule has 2 atom stereocenters. The van der Waals surface area contributed by atoms with Crippen LogP contribution in [0.5, 0.6) is 0 Å². The molecular formula is C32H34N2O4. The molecule has 0 unspecified atom stereocenters. The van der Waals surface area contributed by atoms with Crippen LogP contribution < -0.4 is 0 Å². The lowest BCUT2D eigenvalue weighted by Crippen LogP contribution is -2.48. The van der Waals surface area contributed by atoms with E-state index in [1.165, 1.54) is 27.8 Å². The number of ether oxygens (including phenoxy) is 2. The molecule has 3 aromatic rings. The van der Waals surface area contributed by atoms with Crippen molar-refractivity contribution < 1.29 is 19.4 Å². The Balaban J connectivity index is 1.24. The summed E-state index contributed by atoms with van der Waals surface area (Å²) >= 11 is 0. The molecule has 6 nitrogen and oxygen atoms in total. The highest BCUT2D eigenvalue weighted by atomic mass is 16.7. The van der Waals surface area contributed by atoms with Gasteiger partial charge in [0, 0.05) is 38.5 Å². The number of nitrogens with zero attached hydrogens (tertiary/aromatic N) is 2. The maximum atomic E-state index is 13.5. The van der Waals surface area contributed by atoms with Crippen molar-refractivity contribution in [3.05, 3.63) is 106 Å². The van der Waals surface area contributed by atoms with Crippen molar-refractivity contribution >= 4 is 5.91 Å². The summed E-state index contributed by atoms with van der Waals surface area (Å²) in [7, 11) is 2.08. The fourth-order valence-corrected chi connectivity index (χ4v) is 5.63. The quantitative estimate of drug-likeness (QED) is 0.415. The third-order valence-electron chi connectivity index (χ3n) is 7.95. The molecule has 6 rings (SSSR count). The summed E-state index contributed by atoms with van der Waals surface area (Å²) < 4.78 is 12.4. The molecule has 38 heavy (non-hydrogen) atoms. The van der Waals surface area contributed by atoms with Gasteiger partial charge in [0.2, 0.25) is 6.29 Å². The van der Waals surface area contributed by atoms with E-state index in [-0.39, 0.29) is 18.4 Å². The smallest absolute Gasteiger partial charge is 0.288 e. The first kappa shape index (κ1) is 24.9. The van der Waals surface area contributed by atoms with E-state index in [1.807, 2.05) is 35.2 Å². The third-order valence-corrected chi connectivity index (χ3v) is 7.95. The van der Waals surface area contributed by atoms with Crippen molar-refractivity contribution in [1.29, 1.82) is 0 Å². The lowest BCUT2D eigenvalue weighted by molar-refractivity contribution is -0.156. The molecule has 1 N–H and O–H groups in total. The number of hydrogen-bond acceptors (Lipinski definition) is 5. The molecule has 0 bridgehead atoms. The lowest BCUT2D eigenvalue weighted by atomic mass is 9.90. The summed E-state index contributed by atoms with van der Waals surface area (Å²) in [6.45, 7) is 3.50. The lowest BCUT2D eigenvalue weighted by Gasteiger charge is -2.35. The number of fused-ring (bicyclic) bond motifs is 3. The molecule has 0 radical (unpaired) electrons. The Morgan fingerprint density at radius 2 is 1.68 bits per heavy atom. The largest absolute Gasteiger partial charge is 0.459 e. The first-order chi connectivity index (χ1) is 18.6. The van der Waals surface area contributed by atoms with E-state index in [2.05, 4.69) is 54.4 Å². The third kappa shape index (κ3) is 5.12. The van der Waals surface area contributed by atoms with E-state index >= 15 is 0 Å². The van der Waals surface area contributed by atoms with Gasteiger partial charge in [0.05, 0.1) is 13.2 Å². The highest BCUT2D eigenvalue weighted by Gasteiger charge is 2.32. The molecular weight excluding hydrogens is 476 g/mol. The fraction of sp³-hybridized carbons (Fsp3) is 0.344. The Hall–Kier alpha value is -3.45. The summed E-state index contributed by atoms with van der Waals surface area (Å²) in [5.74, 6) is 0.346. The SMILES string of the molecule is CN1CCN(C(=O)C2=C[C@@H](c3ccc4c(c3)Cc3ccccc3-4)C[C@@H](OCc3ccc(CO)cc3)O2)CC1. The van der Waals surface area contributed by atoms with Gasteiger partial charge in [-0.15, -0.1) is 0 Å². The summed E-state index contributed by atoms with van der Waals surface area (Å²) in [6.07, 6.45) is 3.04.